The number of para-hydroxylation sites is 1. The Morgan fingerprint density at radius 1 is 1.15 bits per heavy atom. The summed E-state index contributed by atoms with van der Waals surface area (Å²) in [7, 11) is -2.88. The molecule has 4 aliphatic rings. The third kappa shape index (κ3) is 4.34. The molecule has 34 heavy (non-hydrogen) atoms. The summed E-state index contributed by atoms with van der Waals surface area (Å²) in [4.78, 5) is 9.49. The number of hydrogen-bond donors (Lipinski definition) is 1. The molecule has 180 valence electrons. The molecule has 0 amide bonds. The number of sulfone groups is 1. The number of ether oxygens (including phenoxy) is 1. The van der Waals surface area contributed by atoms with Crippen molar-refractivity contribution in [3.05, 3.63) is 57.6 Å². The number of benzene rings is 2. The lowest BCUT2D eigenvalue weighted by atomic mass is 9.97. The lowest BCUT2D eigenvalue weighted by molar-refractivity contribution is 0.0908. The predicted molar refractivity (Wildman–Crippen MR) is 133 cm³/mol. The van der Waals surface area contributed by atoms with Crippen LogP contribution in [0.25, 0.3) is 6.08 Å². The molecule has 7 nitrogen and oxygen atoms in total. The van der Waals surface area contributed by atoms with Gasteiger partial charge in [0.2, 0.25) is 0 Å². The average Bonchev–Trinajstić information content (AvgIpc) is 3.27. The van der Waals surface area contributed by atoms with Gasteiger partial charge >= 0.3 is 0 Å². The first kappa shape index (κ1) is 22.1. The molecule has 1 unspecified atom stereocenters. The second kappa shape index (κ2) is 8.98. The molecular formula is C26H32N4O3S. The Morgan fingerprint density at radius 2 is 2.00 bits per heavy atom. The number of anilines is 1. The molecule has 8 heteroatoms. The van der Waals surface area contributed by atoms with Crippen LogP contribution in [0.3, 0.4) is 0 Å². The Labute approximate surface area is 201 Å². The molecule has 1 N–H and O–H groups in total. The SMILES string of the molecule is O=S1(=O)CCN(Cc2cc3c(c4c2=CCCN=4)OCN(CCC2CNc4ccccc42)C3)CC1. The molecule has 1 fully saturated rings. The molecular weight excluding hydrogens is 448 g/mol. The van der Waals surface area contributed by atoms with Gasteiger partial charge in [-0.3, -0.25) is 14.8 Å². The maximum absolute atomic E-state index is 11.9. The van der Waals surface area contributed by atoms with Gasteiger partial charge in [0.25, 0.3) is 0 Å². The first-order chi connectivity index (χ1) is 16.6. The molecule has 0 aromatic heterocycles. The molecule has 0 aliphatic carbocycles. The van der Waals surface area contributed by atoms with E-state index >= 15 is 0 Å². The third-order valence-electron chi connectivity index (χ3n) is 7.55. The monoisotopic (exact) mass is 480 g/mol. The van der Waals surface area contributed by atoms with E-state index in [9.17, 15) is 8.42 Å². The van der Waals surface area contributed by atoms with Crippen molar-refractivity contribution in [2.75, 3.05) is 56.3 Å². The maximum atomic E-state index is 11.9. The van der Waals surface area contributed by atoms with Crippen LogP contribution < -0.4 is 20.6 Å². The normalized spacial score (nSPS) is 23.5. The summed E-state index contributed by atoms with van der Waals surface area (Å²) in [6.45, 7) is 6.22. The Bertz CT molecular complexity index is 1310. The van der Waals surface area contributed by atoms with E-state index in [0.717, 1.165) is 56.7 Å². The van der Waals surface area contributed by atoms with Gasteiger partial charge < -0.3 is 10.1 Å². The molecule has 0 saturated carbocycles. The number of rotatable bonds is 5. The van der Waals surface area contributed by atoms with Crippen molar-refractivity contribution < 1.29 is 13.2 Å². The van der Waals surface area contributed by atoms with E-state index in [-0.39, 0.29) is 11.5 Å². The van der Waals surface area contributed by atoms with Gasteiger partial charge in [-0.25, -0.2) is 8.42 Å². The van der Waals surface area contributed by atoms with Crippen LogP contribution >= 0.6 is 0 Å². The van der Waals surface area contributed by atoms with Crippen molar-refractivity contribution in [2.24, 2.45) is 4.99 Å². The topological polar surface area (TPSA) is 74.2 Å². The van der Waals surface area contributed by atoms with E-state index in [2.05, 4.69) is 51.5 Å². The first-order valence-electron chi connectivity index (χ1n) is 12.4. The van der Waals surface area contributed by atoms with Crippen LogP contribution in [0.15, 0.2) is 35.3 Å². The van der Waals surface area contributed by atoms with Crippen molar-refractivity contribution in [2.45, 2.75) is 31.8 Å². The van der Waals surface area contributed by atoms with Gasteiger partial charge in [0, 0.05) is 68.2 Å². The van der Waals surface area contributed by atoms with Crippen molar-refractivity contribution in [1.82, 2.24) is 9.80 Å². The Kier molecular flexibility index (Phi) is 5.83. The minimum Gasteiger partial charge on any atom is -0.476 e. The number of hydrogen-bond acceptors (Lipinski definition) is 7. The Hall–Kier alpha value is -2.42. The van der Waals surface area contributed by atoms with E-state index in [1.807, 2.05) is 0 Å². The summed E-state index contributed by atoms with van der Waals surface area (Å²) in [5.74, 6) is 1.99. The van der Waals surface area contributed by atoms with E-state index in [1.54, 1.807) is 0 Å². The van der Waals surface area contributed by atoms with Gasteiger partial charge in [-0.15, -0.1) is 0 Å². The summed E-state index contributed by atoms with van der Waals surface area (Å²) in [5.41, 5.74) is 5.15. The minimum atomic E-state index is -2.88. The zero-order valence-electron chi connectivity index (χ0n) is 19.5. The summed E-state index contributed by atoms with van der Waals surface area (Å²) in [6.07, 6.45) is 4.32. The third-order valence-corrected chi connectivity index (χ3v) is 9.16. The summed E-state index contributed by atoms with van der Waals surface area (Å²) in [6, 6.07) is 10.9. The molecule has 0 spiro atoms. The van der Waals surface area contributed by atoms with Crippen LogP contribution in [-0.4, -0.2) is 69.2 Å². The second-order valence-electron chi connectivity index (χ2n) is 9.87. The van der Waals surface area contributed by atoms with Crippen LogP contribution in [0.5, 0.6) is 5.75 Å². The van der Waals surface area contributed by atoms with Gasteiger partial charge in [0.1, 0.15) is 12.1 Å². The maximum Gasteiger partial charge on any atom is 0.152 e. The molecule has 2 aromatic rings. The molecule has 0 radical (unpaired) electrons. The summed E-state index contributed by atoms with van der Waals surface area (Å²) >= 11 is 0. The van der Waals surface area contributed by atoms with Gasteiger partial charge in [0.15, 0.2) is 15.6 Å². The molecule has 0 bridgehead atoms. The quantitative estimate of drug-likeness (QED) is 0.699. The lowest BCUT2D eigenvalue weighted by Crippen LogP contribution is -2.44. The van der Waals surface area contributed by atoms with Crippen LogP contribution in [0.2, 0.25) is 0 Å². The van der Waals surface area contributed by atoms with Crippen LogP contribution in [-0.2, 0) is 22.9 Å². The highest BCUT2D eigenvalue weighted by molar-refractivity contribution is 7.91. The van der Waals surface area contributed by atoms with Crippen LogP contribution in [0, 0.1) is 0 Å². The highest BCUT2D eigenvalue weighted by atomic mass is 32.2. The number of nitrogens with zero attached hydrogens (tertiary/aromatic N) is 3. The van der Waals surface area contributed by atoms with E-state index in [0.29, 0.717) is 25.7 Å². The fraction of sp³-hybridized carbons (Fsp3) is 0.500. The molecule has 2 aromatic carbocycles. The van der Waals surface area contributed by atoms with Gasteiger partial charge in [-0.1, -0.05) is 24.3 Å². The van der Waals surface area contributed by atoms with Gasteiger partial charge in [-0.2, -0.15) is 0 Å². The highest BCUT2D eigenvalue weighted by Crippen LogP contribution is 2.33. The van der Waals surface area contributed by atoms with Crippen molar-refractivity contribution in [1.29, 1.82) is 0 Å². The fourth-order valence-electron chi connectivity index (χ4n) is 5.65. The summed E-state index contributed by atoms with van der Waals surface area (Å²) < 4.78 is 30.0. The van der Waals surface area contributed by atoms with Crippen molar-refractivity contribution >= 4 is 21.6 Å². The minimum absolute atomic E-state index is 0.254. The lowest BCUT2D eigenvalue weighted by Gasteiger charge is -2.31. The van der Waals surface area contributed by atoms with Crippen LogP contribution in [0.4, 0.5) is 5.69 Å². The largest absolute Gasteiger partial charge is 0.476 e. The highest BCUT2D eigenvalue weighted by Gasteiger charge is 2.27. The molecule has 4 heterocycles. The standard InChI is InChI=1S/C26H32N4O3S/c31-34(32)12-10-29(11-13-34)16-20-14-21-17-30(18-33-26(21)25-23(20)5-3-8-27-25)9-7-19-15-28-24-6-2-1-4-22(19)24/h1-2,4-6,14,19,28H,3,7-13,15-18H2. The fourth-order valence-corrected chi connectivity index (χ4v) is 6.92. The van der Waals surface area contributed by atoms with Gasteiger partial charge in [0.05, 0.1) is 11.5 Å². The molecule has 1 saturated heterocycles. The zero-order valence-corrected chi connectivity index (χ0v) is 20.3. The predicted octanol–water partition coefficient (Wildman–Crippen LogP) is 1.47. The number of nitrogens with one attached hydrogen (secondary N) is 1. The van der Waals surface area contributed by atoms with Gasteiger partial charge in [-0.05, 0) is 36.1 Å². The Morgan fingerprint density at radius 3 is 2.88 bits per heavy atom. The second-order valence-corrected chi connectivity index (χ2v) is 12.2. The van der Waals surface area contributed by atoms with E-state index in [4.69, 9.17) is 9.73 Å². The average molecular weight is 481 g/mol. The number of fused-ring (bicyclic) bond motifs is 4. The smallest absolute Gasteiger partial charge is 0.152 e. The molecule has 4 aliphatic heterocycles. The van der Waals surface area contributed by atoms with E-state index in [1.165, 1.54) is 27.6 Å². The van der Waals surface area contributed by atoms with Crippen LogP contribution in [0.1, 0.15) is 35.4 Å². The first-order valence-corrected chi connectivity index (χ1v) is 14.2. The molecule has 6 rings (SSSR count). The molecule has 1 atom stereocenters. The van der Waals surface area contributed by atoms with E-state index < -0.39 is 9.84 Å². The summed E-state index contributed by atoms with van der Waals surface area (Å²) in [5, 5.41) is 5.71. The zero-order chi connectivity index (χ0) is 23.1. The van der Waals surface area contributed by atoms with Crippen molar-refractivity contribution in [3.8, 4) is 5.75 Å². The Balaban J connectivity index is 1.20. The van der Waals surface area contributed by atoms with Crippen molar-refractivity contribution in [3.63, 3.8) is 0 Å².